The number of piperidine rings is 1. The molecule has 0 aromatic heterocycles. The van der Waals surface area contributed by atoms with E-state index in [9.17, 15) is 4.79 Å². The molecule has 0 aliphatic carbocycles. The van der Waals surface area contributed by atoms with Gasteiger partial charge in [-0.3, -0.25) is 4.90 Å². The first-order valence-electron chi connectivity index (χ1n) is 10.5. The van der Waals surface area contributed by atoms with Crippen molar-refractivity contribution in [3.05, 3.63) is 29.3 Å². The van der Waals surface area contributed by atoms with E-state index in [2.05, 4.69) is 27.2 Å². The van der Waals surface area contributed by atoms with Crippen molar-refractivity contribution < 1.29 is 9.90 Å². The summed E-state index contributed by atoms with van der Waals surface area (Å²) in [4.78, 5) is 17.7. The molecule has 3 aliphatic heterocycles. The Morgan fingerprint density at radius 2 is 1.93 bits per heavy atom. The summed E-state index contributed by atoms with van der Waals surface area (Å²) in [6, 6.07) is 8.71. The highest BCUT2D eigenvalue weighted by Gasteiger charge is 2.41. The summed E-state index contributed by atoms with van der Waals surface area (Å²) < 4.78 is 0. The monoisotopic (exact) mass is 406 g/mol. The van der Waals surface area contributed by atoms with Crippen molar-refractivity contribution in [2.75, 3.05) is 57.3 Å². The molecule has 3 saturated heterocycles. The first-order valence-corrected chi connectivity index (χ1v) is 10.8. The zero-order valence-electron chi connectivity index (χ0n) is 16.4. The Morgan fingerprint density at radius 1 is 1.18 bits per heavy atom. The lowest BCUT2D eigenvalue weighted by Crippen LogP contribution is -2.47. The summed E-state index contributed by atoms with van der Waals surface area (Å²) >= 11 is 6.12. The van der Waals surface area contributed by atoms with E-state index in [1.165, 1.54) is 18.5 Å². The maximum absolute atomic E-state index is 11.1. The Balaban J connectivity index is 1.19. The second kappa shape index (κ2) is 8.47. The number of nitrogens with zero attached hydrogens (tertiary/aromatic N) is 3. The Labute approximate surface area is 172 Å². The molecule has 28 heavy (non-hydrogen) atoms. The smallest absolute Gasteiger partial charge is 0.407 e. The van der Waals surface area contributed by atoms with Crippen LogP contribution in [-0.2, 0) is 0 Å². The Bertz CT molecular complexity index is 685. The van der Waals surface area contributed by atoms with Crippen LogP contribution >= 0.6 is 11.6 Å². The normalized spacial score (nSPS) is 25.4. The van der Waals surface area contributed by atoms with Gasteiger partial charge >= 0.3 is 6.09 Å². The third-order valence-electron chi connectivity index (χ3n) is 6.88. The number of rotatable bonds is 4. The number of carbonyl (C=O) groups is 1. The number of piperazine rings is 1. The number of halogens is 1. The summed E-state index contributed by atoms with van der Waals surface area (Å²) in [5, 5.41) is 13.7. The predicted octanol–water partition coefficient (Wildman–Crippen LogP) is 2.97. The van der Waals surface area contributed by atoms with Gasteiger partial charge < -0.3 is 20.2 Å². The third kappa shape index (κ3) is 4.56. The summed E-state index contributed by atoms with van der Waals surface area (Å²) in [5.41, 5.74) is 1.54. The quantitative estimate of drug-likeness (QED) is 0.805. The number of amides is 1. The lowest BCUT2D eigenvalue weighted by Gasteiger charge is -2.38. The van der Waals surface area contributed by atoms with Crippen LogP contribution in [0.3, 0.4) is 0 Å². The minimum atomic E-state index is -0.769. The highest BCUT2D eigenvalue weighted by Crippen LogP contribution is 2.40. The second-order valence-electron chi connectivity index (χ2n) is 8.65. The van der Waals surface area contributed by atoms with Crippen molar-refractivity contribution >= 4 is 23.4 Å². The fraction of sp³-hybridized carbons (Fsp3) is 0.667. The molecule has 0 radical (unpaired) electrons. The van der Waals surface area contributed by atoms with E-state index in [1.54, 1.807) is 4.90 Å². The van der Waals surface area contributed by atoms with Crippen LogP contribution in [0.4, 0.5) is 10.5 Å². The molecule has 2 N–H and O–H groups in total. The van der Waals surface area contributed by atoms with Crippen molar-refractivity contribution in [1.82, 2.24) is 15.1 Å². The molecule has 0 unspecified atom stereocenters. The standard InChI is InChI=1S/C21H31ClN4O2/c22-17-2-1-3-19(14-17)25-12-10-24(11-13-25)7-4-18-15-21(16-23-18)5-8-26(9-6-21)20(27)28/h1-3,14,18,23H,4-13,15-16H2,(H,27,28)/t18-/m1/s1. The number of hydrogen-bond donors (Lipinski definition) is 2. The minimum Gasteiger partial charge on any atom is -0.465 e. The average Bonchev–Trinajstić information content (AvgIpc) is 3.09. The summed E-state index contributed by atoms with van der Waals surface area (Å²) in [7, 11) is 0. The molecule has 3 heterocycles. The van der Waals surface area contributed by atoms with E-state index in [0.717, 1.165) is 57.1 Å². The molecule has 7 heteroatoms. The van der Waals surface area contributed by atoms with Gasteiger partial charge in [0.25, 0.3) is 0 Å². The highest BCUT2D eigenvalue weighted by molar-refractivity contribution is 6.30. The molecule has 1 atom stereocenters. The van der Waals surface area contributed by atoms with Gasteiger partial charge in [0.15, 0.2) is 0 Å². The number of anilines is 1. The van der Waals surface area contributed by atoms with Gasteiger partial charge in [-0.25, -0.2) is 4.79 Å². The van der Waals surface area contributed by atoms with Gasteiger partial charge in [0.05, 0.1) is 0 Å². The van der Waals surface area contributed by atoms with Crippen LogP contribution in [0.5, 0.6) is 0 Å². The average molecular weight is 407 g/mol. The van der Waals surface area contributed by atoms with Crippen LogP contribution in [0.25, 0.3) is 0 Å². The molecule has 154 valence electrons. The lowest BCUT2D eigenvalue weighted by atomic mass is 9.76. The van der Waals surface area contributed by atoms with E-state index < -0.39 is 6.09 Å². The molecule has 6 nitrogen and oxygen atoms in total. The van der Waals surface area contributed by atoms with Crippen LogP contribution < -0.4 is 10.2 Å². The van der Waals surface area contributed by atoms with Crippen molar-refractivity contribution in [2.45, 2.75) is 31.7 Å². The third-order valence-corrected chi connectivity index (χ3v) is 7.11. The number of likely N-dealkylation sites (tertiary alicyclic amines) is 1. The van der Waals surface area contributed by atoms with Gasteiger partial charge in [-0.2, -0.15) is 0 Å². The molecular weight excluding hydrogens is 376 g/mol. The van der Waals surface area contributed by atoms with Crippen molar-refractivity contribution in [1.29, 1.82) is 0 Å². The topological polar surface area (TPSA) is 59.1 Å². The molecule has 0 bridgehead atoms. The summed E-state index contributed by atoms with van der Waals surface area (Å²) in [6.45, 7) is 7.85. The van der Waals surface area contributed by atoms with E-state index in [0.29, 0.717) is 24.5 Å². The van der Waals surface area contributed by atoms with Crippen molar-refractivity contribution in [3.8, 4) is 0 Å². The molecular formula is C21H31ClN4O2. The molecule has 1 aromatic rings. The van der Waals surface area contributed by atoms with Gasteiger partial charge in [-0.1, -0.05) is 17.7 Å². The highest BCUT2D eigenvalue weighted by atomic mass is 35.5. The van der Waals surface area contributed by atoms with E-state index in [4.69, 9.17) is 16.7 Å². The molecule has 3 fully saturated rings. The second-order valence-corrected chi connectivity index (χ2v) is 9.09. The van der Waals surface area contributed by atoms with E-state index in [-0.39, 0.29) is 0 Å². The van der Waals surface area contributed by atoms with E-state index in [1.807, 2.05) is 12.1 Å². The Hall–Kier alpha value is -1.50. The van der Waals surface area contributed by atoms with Crippen LogP contribution in [0.1, 0.15) is 25.7 Å². The largest absolute Gasteiger partial charge is 0.465 e. The van der Waals surface area contributed by atoms with Gasteiger partial charge in [0, 0.05) is 62.6 Å². The minimum absolute atomic E-state index is 0.321. The molecule has 1 amide bonds. The van der Waals surface area contributed by atoms with Gasteiger partial charge in [0.2, 0.25) is 0 Å². The summed E-state index contributed by atoms with van der Waals surface area (Å²) in [5.74, 6) is 0. The number of hydrogen-bond acceptors (Lipinski definition) is 4. The molecule has 4 rings (SSSR count). The maximum Gasteiger partial charge on any atom is 0.407 e. The Kier molecular flexibility index (Phi) is 5.99. The zero-order chi connectivity index (χ0) is 19.6. The fourth-order valence-electron chi connectivity index (χ4n) is 5.03. The number of nitrogens with one attached hydrogen (secondary N) is 1. The number of carboxylic acid groups (broad SMARTS) is 1. The van der Waals surface area contributed by atoms with Crippen LogP contribution in [0.15, 0.2) is 24.3 Å². The van der Waals surface area contributed by atoms with Crippen molar-refractivity contribution in [3.63, 3.8) is 0 Å². The number of benzene rings is 1. The lowest BCUT2D eigenvalue weighted by molar-refractivity contribution is 0.0964. The Morgan fingerprint density at radius 3 is 2.61 bits per heavy atom. The fourth-order valence-corrected chi connectivity index (χ4v) is 5.21. The zero-order valence-corrected chi connectivity index (χ0v) is 17.2. The van der Waals surface area contributed by atoms with Crippen LogP contribution in [0, 0.1) is 5.41 Å². The van der Waals surface area contributed by atoms with Gasteiger partial charge in [0.1, 0.15) is 0 Å². The molecule has 3 aliphatic rings. The first-order chi connectivity index (χ1) is 13.5. The maximum atomic E-state index is 11.1. The predicted molar refractivity (Wildman–Crippen MR) is 112 cm³/mol. The van der Waals surface area contributed by atoms with Gasteiger partial charge in [-0.05, 0) is 55.8 Å². The molecule has 1 spiro atoms. The molecule has 0 saturated carbocycles. The molecule has 1 aromatic carbocycles. The first kappa shape index (κ1) is 19.8. The van der Waals surface area contributed by atoms with E-state index >= 15 is 0 Å². The van der Waals surface area contributed by atoms with Crippen molar-refractivity contribution in [2.24, 2.45) is 5.41 Å². The van der Waals surface area contributed by atoms with Crippen LogP contribution in [-0.4, -0.2) is 79.4 Å². The van der Waals surface area contributed by atoms with Gasteiger partial charge in [-0.15, -0.1) is 0 Å². The summed E-state index contributed by atoms with van der Waals surface area (Å²) in [6.07, 6.45) is 3.61. The van der Waals surface area contributed by atoms with Crippen LogP contribution in [0.2, 0.25) is 5.02 Å². The SMILES string of the molecule is O=C(O)N1CCC2(CC1)CN[C@H](CCN1CCN(c3cccc(Cl)c3)CC1)C2.